The van der Waals surface area contributed by atoms with Gasteiger partial charge in [-0.25, -0.2) is 14.2 Å². The van der Waals surface area contributed by atoms with E-state index in [0.29, 0.717) is 35.6 Å². The van der Waals surface area contributed by atoms with Crippen LogP contribution in [-0.2, 0) is 13.1 Å². The van der Waals surface area contributed by atoms with E-state index in [2.05, 4.69) is 16.9 Å². The number of fused-ring (bicyclic) bond motifs is 1. The molecule has 2 heterocycles. The fraction of sp³-hybridized carbons (Fsp3) is 0.389. The summed E-state index contributed by atoms with van der Waals surface area (Å²) in [6.07, 6.45) is 2.57. The molecule has 0 saturated heterocycles. The predicted molar refractivity (Wildman–Crippen MR) is 95.2 cm³/mol. The molecule has 0 saturated carbocycles. The molecule has 3 aromatic rings. The number of aromatic amines is 1. The second-order valence-electron chi connectivity index (χ2n) is 6.03. The summed E-state index contributed by atoms with van der Waals surface area (Å²) in [7, 11) is 0. The lowest BCUT2D eigenvalue weighted by Crippen LogP contribution is -2.31. The molecule has 1 aromatic carbocycles. The molecule has 6 nitrogen and oxygen atoms in total. The van der Waals surface area contributed by atoms with Crippen LogP contribution >= 0.6 is 0 Å². The number of halogens is 1. The minimum Gasteiger partial charge on any atom is -0.318 e. The van der Waals surface area contributed by atoms with Crippen LogP contribution in [0, 0.1) is 5.82 Å². The van der Waals surface area contributed by atoms with Crippen molar-refractivity contribution in [3.05, 3.63) is 50.9 Å². The molecule has 1 N–H and O–H groups in total. The molecule has 2 aromatic heterocycles. The third-order valence-corrected chi connectivity index (χ3v) is 4.17. The average molecular weight is 344 g/mol. The fourth-order valence-electron chi connectivity index (χ4n) is 2.96. The van der Waals surface area contributed by atoms with Crippen molar-refractivity contribution in [3.8, 4) is 11.4 Å². The lowest BCUT2D eigenvalue weighted by Gasteiger charge is -2.08. The number of nitrogens with zero attached hydrogens (tertiary/aromatic N) is 3. The van der Waals surface area contributed by atoms with Gasteiger partial charge in [0.25, 0.3) is 5.56 Å². The Morgan fingerprint density at radius 2 is 1.76 bits per heavy atom. The SMILES string of the molecule is CCCCn1c(-c2ccc(F)cc2)nc2c1c(=O)[nH]c(=O)n2CCC. The van der Waals surface area contributed by atoms with Gasteiger partial charge < -0.3 is 4.57 Å². The molecule has 0 bridgehead atoms. The maximum atomic E-state index is 13.3. The summed E-state index contributed by atoms with van der Waals surface area (Å²) < 4.78 is 16.6. The summed E-state index contributed by atoms with van der Waals surface area (Å²) in [6, 6.07) is 6.00. The quantitative estimate of drug-likeness (QED) is 0.747. The summed E-state index contributed by atoms with van der Waals surface area (Å²) in [5, 5.41) is 0. The highest BCUT2D eigenvalue weighted by Crippen LogP contribution is 2.23. The number of aromatic nitrogens is 4. The summed E-state index contributed by atoms with van der Waals surface area (Å²) in [5.74, 6) is 0.241. The standard InChI is InChI=1S/C18H21FN4O2/c1-3-5-11-22-14-16(23(10-4-2)18(25)21-17(14)24)20-15(22)12-6-8-13(19)9-7-12/h6-9H,3-5,10-11H2,1-2H3,(H,21,24,25). The number of hydrogen-bond donors (Lipinski definition) is 1. The van der Waals surface area contributed by atoms with Crippen LogP contribution in [0.25, 0.3) is 22.6 Å². The van der Waals surface area contributed by atoms with Crippen LogP contribution in [0.4, 0.5) is 4.39 Å². The van der Waals surface area contributed by atoms with E-state index in [1.807, 2.05) is 11.5 Å². The van der Waals surface area contributed by atoms with Crippen LogP contribution in [0.15, 0.2) is 33.9 Å². The van der Waals surface area contributed by atoms with E-state index in [0.717, 1.165) is 19.3 Å². The summed E-state index contributed by atoms with van der Waals surface area (Å²) in [6.45, 7) is 5.10. The van der Waals surface area contributed by atoms with Crippen LogP contribution in [0.5, 0.6) is 0 Å². The van der Waals surface area contributed by atoms with Gasteiger partial charge in [-0.2, -0.15) is 0 Å². The van der Waals surface area contributed by atoms with Crippen LogP contribution in [0.3, 0.4) is 0 Å². The number of benzene rings is 1. The van der Waals surface area contributed by atoms with E-state index in [-0.39, 0.29) is 5.82 Å². The van der Waals surface area contributed by atoms with E-state index in [9.17, 15) is 14.0 Å². The van der Waals surface area contributed by atoms with Crippen molar-refractivity contribution in [3.63, 3.8) is 0 Å². The van der Waals surface area contributed by atoms with Crippen molar-refractivity contribution >= 4 is 11.2 Å². The topological polar surface area (TPSA) is 72.7 Å². The zero-order chi connectivity index (χ0) is 18.0. The Hall–Kier alpha value is -2.70. The van der Waals surface area contributed by atoms with E-state index < -0.39 is 11.2 Å². The number of H-pyrrole nitrogens is 1. The molecule has 25 heavy (non-hydrogen) atoms. The Bertz CT molecular complexity index is 999. The van der Waals surface area contributed by atoms with Gasteiger partial charge in [0.05, 0.1) is 0 Å². The van der Waals surface area contributed by atoms with Crippen LogP contribution < -0.4 is 11.2 Å². The molecule has 0 unspecified atom stereocenters. The van der Waals surface area contributed by atoms with Crippen molar-refractivity contribution in [1.29, 1.82) is 0 Å². The Balaban J connectivity index is 2.33. The first kappa shape index (κ1) is 17.1. The summed E-state index contributed by atoms with van der Waals surface area (Å²) in [4.78, 5) is 31.6. The summed E-state index contributed by atoms with van der Waals surface area (Å²) in [5.41, 5.74) is 0.588. The normalized spacial score (nSPS) is 11.3. The highest BCUT2D eigenvalue weighted by Gasteiger charge is 2.19. The third kappa shape index (κ3) is 3.14. The first-order valence-corrected chi connectivity index (χ1v) is 8.56. The number of aryl methyl sites for hydroxylation is 2. The average Bonchev–Trinajstić information content (AvgIpc) is 2.97. The third-order valence-electron chi connectivity index (χ3n) is 4.17. The maximum absolute atomic E-state index is 13.3. The predicted octanol–water partition coefficient (Wildman–Crippen LogP) is 2.90. The minimum atomic E-state index is -0.454. The smallest absolute Gasteiger partial charge is 0.318 e. The van der Waals surface area contributed by atoms with Crippen molar-refractivity contribution in [1.82, 2.24) is 19.1 Å². The number of imidazole rings is 1. The van der Waals surface area contributed by atoms with Gasteiger partial charge in [-0.3, -0.25) is 14.3 Å². The van der Waals surface area contributed by atoms with E-state index in [1.165, 1.54) is 16.7 Å². The minimum absolute atomic E-state index is 0.333. The van der Waals surface area contributed by atoms with Crippen LogP contribution in [-0.4, -0.2) is 19.1 Å². The molecule has 0 aliphatic heterocycles. The van der Waals surface area contributed by atoms with E-state index in [1.54, 1.807) is 12.1 Å². The van der Waals surface area contributed by atoms with E-state index in [4.69, 9.17) is 0 Å². The molecule has 0 aliphatic carbocycles. The van der Waals surface area contributed by atoms with Crippen molar-refractivity contribution < 1.29 is 4.39 Å². The second kappa shape index (κ2) is 7.04. The molecule has 0 fully saturated rings. The van der Waals surface area contributed by atoms with E-state index >= 15 is 0 Å². The zero-order valence-corrected chi connectivity index (χ0v) is 14.4. The Kier molecular flexibility index (Phi) is 4.83. The molecule has 3 rings (SSSR count). The molecule has 0 spiro atoms. The number of unbranched alkanes of at least 4 members (excludes halogenated alkanes) is 1. The highest BCUT2D eigenvalue weighted by molar-refractivity contribution is 5.76. The number of hydrogen-bond acceptors (Lipinski definition) is 3. The Labute approximate surface area is 144 Å². The first-order valence-electron chi connectivity index (χ1n) is 8.56. The lowest BCUT2D eigenvalue weighted by molar-refractivity contribution is 0.627. The van der Waals surface area contributed by atoms with Gasteiger partial charge in [-0.05, 0) is 37.1 Å². The maximum Gasteiger partial charge on any atom is 0.330 e. The van der Waals surface area contributed by atoms with Crippen molar-refractivity contribution in [2.24, 2.45) is 0 Å². The molecule has 7 heteroatoms. The van der Waals surface area contributed by atoms with Crippen LogP contribution in [0.1, 0.15) is 33.1 Å². The summed E-state index contributed by atoms with van der Waals surface area (Å²) >= 11 is 0. The molecule has 0 aliphatic rings. The molecular formula is C18H21FN4O2. The van der Waals surface area contributed by atoms with Gasteiger partial charge in [0, 0.05) is 18.7 Å². The van der Waals surface area contributed by atoms with Crippen molar-refractivity contribution in [2.75, 3.05) is 0 Å². The fourth-order valence-corrected chi connectivity index (χ4v) is 2.96. The monoisotopic (exact) mass is 344 g/mol. The number of rotatable bonds is 6. The van der Waals surface area contributed by atoms with Gasteiger partial charge in [0.1, 0.15) is 11.6 Å². The molecule has 0 amide bonds. The second-order valence-corrected chi connectivity index (χ2v) is 6.03. The first-order chi connectivity index (χ1) is 12.1. The molecule has 0 atom stereocenters. The zero-order valence-electron chi connectivity index (χ0n) is 14.4. The Morgan fingerprint density at radius 3 is 2.40 bits per heavy atom. The van der Waals surface area contributed by atoms with Gasteiger partial charge >= 0.3 is 5.69 Å². The van der Waals surface area contributed by atoms with Gasteiger partial charge in [0.15, 0.2) is 11.2 Å². The number of nitrogens with one attached hydrogen (secondary N) is 1. The molecular weight excluding hydrogens is 323 g/mol. The van der Waals surface area contributed by atoms with Gasteiger partial charge in [-0.15, -0.1) is 0 Å². The largest absolute Gasteiger partial charge is 0.330 e. The molecule has 132 valence electrons. The van der Waals surface area contributed by atoms with Gasteiger partial charge in [0.2, 0.25) is 0 Å². The highest BCUT2D eigenvalue weighted by atomic mass is 19.1. The molecule has 0 radical (unpaired) electrons. The Morgan fingerprint density at radius 1 is 1.04 bits per heavy atom. The van der Waals surface area contributed by atoms with Crippen molar-refractivity contribution in [2.45, 2.75) is 46.2 Å². The lowest BCUT2D eigenvalue weighted by atomic mass is 10.2. The van der Waals surface area contributed by atoms with Crippen LogP contribution in [0.2, 0.25) is 0 Å². The van der Waals surface area contributed by atoms with Gasteiger partial charge in [-0.1, -0.05) is 20.3 Å².